The molecule has 1 aliphatic rings. The molecule has 0 aliphatic carbocycles. The van der Waals surface area contributed by atoms with Gasteiger partial charge in [0.05, 0.1) is 25.5 Å². The molecule has 0 radical (unpaired) electrons. The summed E-state index contributed by atoms with van der Waals surface area (Å²) in [4.78, 5) is 9.02. The fourth-order valence-electron chi connectivity index (χ4n) is 2.50. The van der Waals surface area contributed by atoms with Crippen molar-refractivity contribution in [3.8, 4) is 0 Å². The standard InChI is InChI=1S/C17H20FN3OS/c1-13(2)21(16-5-3-14(18)4-6-16)11-15-12-23-17(19-15)20-7-9-22-10-8-20/h3-6,12H,1,7-11H2,2H3. The van der Waals surface area contributed by atoms with Crippen molar-refractivity contribution >= 4 is 22.2 Å². The number of hydrogen-bond acceptors (Lipinski definition) is 5. The molecule has 23 heavy (non-hydrogen) atoms. The number of allylic oxidation sites excluding steroid dienone is 1. The minimum Gasteiger partial charge on any atom is -0.378 e. The van der Waals surface area contributed by atoms with Crippen molar-refractivity contribution in [2.24, 2.45) is 0 Å². The number of nitrogens with zero attached hydrogens (tertiary/aromatic N) is 3. The van der Waals surface area contributed by atoms with Crippen molar-refractivity contribution in [1.82, 2.24) is 4.98 Å². The highest BCUT2D eigenvalue weighted by Crippen LogP contribution is 2.25. The molecule has 0 atom stereocenters. The molecule has 2 aromatic rings. The Morgan fingerprint density at radius 2 is 2.04 bits per heavy atom. The van der Waals surface area contributed by atoms with Crippen LogP contribution in [0.2, 0.25) is 0 Å². The third kappa shape index (κ3) is 3.89. The van der Waals surface area contributed by atoms with Gasteiger partial charge in [-0.25, -0.2) is 9.37 Å². The van der Waals surface area contributed by atoms with Gasteiger partial charge >= 0.3 is 0 Å². The van der Waals surface area contributed by atoms with E-state index in [4.69, 9.17) is 9.72 Å². The zero-order valence-corrected chi connectivity index (χ0v) is 14.0. The largest absolute Gasteiger partial charge is 0.378 e. The minimum atomic E-state index is -0.237. The third-order valence-electron chi connectivity index (χ3n) is 3.74. The first kappa shape index (κ1) is 16.0. The van der Waals surface area contributed by atoms with E-state index in [2.05, 4.69) is 16.9 Å². The fourth-order valence-corrected chi connectivity index (χ4v) is 3.37. The highest BCUT2D eigenvalue weighted by Gasteiger charge is 2.16. The maximum Gasteiger partial charge on any atom is 0.185 e. The molecule has 0 bridgehead atoms. The molecule has 0 saturated carbocycles. The van der Waals surface area contributed by atoms with Gasteiger partial charge in [-0.05, 0) is 31.2 Å². The Balaban J connectivity index is 1.74. The number of anilines is 2. The molecular formula is C17H20FN3OS. The summed E-state index contributed by atoms with van der Waals surface area (Å²) in [7, 11) is 0. The molecular weight excluding hydrogens is 313 g/mol. The van der Waals surface area contributed by atoms with Gasteiger partial charge in [-0.1, -0.05) is 6.58 Å². The van der Waals surface area contributed by atoms with E-state index in [0.29, 0.717) is 6.54 Å². The van der Waals surface area contributed by atoms with E-state index >= 15 is 0 Å². The van der Waals surface area contributed by atoms with E-state index in [1.807, 2.05) is 11.8 Å². The summed E-state index contributed by atoms with van der Waals surface area (Å²) in [5.74, 6) is -0.237. The Kier molecular flexibility index (Phi) is 4.93. The predicted molar refractivity (Wildman–Crippen MR) is 92.5 cm³/mol. The average Bonchev–Trinajstić information content (AvgIpc) is 3.03. The Bertz CT molecular complexity index is 665. The van der Waals surface area contributed by atoms with Crippen molar-refractivity contribution in [2.75, 3.05) is 36.1 Å². The quantitative estimate of drug-likeness (QED) is 0.835. The Hall–Kier alpha value is -1.92. The highest BCUT2D eigenvalue weighted by molar-refractivity contribution is 7.13. The van der Waals surface area contributed by atoms with Gasteiger partial charge in [0.1, 0.15) is 5.82 Å². The number of thiazole rings is 1. The van der Waals surface area contributed by atoms with Gasteiger partial charge in [0.15, 0.2) is 5.13 Å². The first-order chi connectivity index (χ1) is 11.1. The van der Waals surface area contributed by atoms with Crippen molar-refractivity contribution in [3.05, 3.63) is 53.4 Å². The number of aromatic nitrogens is 1. The Morgan fingerprint density at radius 1 is 1.35 bits per heavy atom. The average molecular weight is 333 g/mol. The molecule has 1 aliphatic heterocycles. The van der Waals surface area contributed by atoms with Crippen LogP contribution in [0.1, 0.15) is 12.6 Å². The predicted octanol–water partition coefficient (Wildman–Crippen LogP) is 3.66. The number of morpholine rings is 1. The van der Waals surface area contributed by atoms with Crippen molar-refractivity contribution in [2.45, 2.75) is 13.5 Å². The van der Waals surface area contributed by atoms with Crippen molar-refractivity contribution < 1.29 is 9.13 Å². The Labute approximate surface area is 139 Å². The monoisotopic (exact) mass is 333 g/mol. The normalized spacial score (nSPS) is 14.8. The van der Waals surface area contributed by atoms with Gasteiger partial charge < -0.3 is 14.5 Å². The highest BCUT2D eigenvalue weighted by atomic mass is 32.1. The number of halogens is 1. The smallest absolute Gasteiger partial charge is 0.185 e. The first-order valence-electron chi connectivity index (χ1n) is 7.59. The van der Waals surface area contributed by atoms with E-state index in [1.165, 1.54) is 12.1 Å². The molecule has 0 unspecified atom stereocenters. The molecule has 0 spiro atoms. The molecule has 1 fully saturated rings. The third-order valence-corrected chi connectivity index (χ3v) is 4.69. The van der Waals surface area contributed by atoms with Crippen molar-refractivity contribution in [3.63, 3.8) is 0 Å². The summed E-state index contributed by atoms with van der Waals surface area (Å²) in [6.45, 7) is 9.87. The number of benzene rings is 1. The summed E-state index contributed by atoms with van der Waals surface area (Å²) < 4.78 is 18.5. The summed E-state index contributed by atoms with van der Waals surface area (Å²) in [6, 6.07) is 6.45. The maximum absolute atomic E-state index is 13.1. The molecule has 6 heteroatoms. The van der Waals surface area contributed by atoms with E-state index < -0.39 is 0 Å². The van der Waals surface area contributed by atoms with E-state index in [9.17, 15) is 4.39 Å². The molecule has 0 N–H and O–H groups in total. The van der Waals surface area contributed by atoms with Crippen LogP contribution in [0.15, 0.2) is 41.9 Å². The minimum absolute atomic E-state index is 0.237. The van der Waals surface area contributed by atoms with Crippen LogP contribution in [0.4, 0.5) is 15.2 Å². The molecule has 1 saturated heterocycles. The summed E-state index contributed by atoms with van der Waals surface area (Å²) in [5, 5.41) is 3.11. The molecule has 4 nitrogen and oxygen atoms in total. The lowest BCUT2D eigenvalue weighted by Gasteiger charge is -2.26. The molecule has 3 rings (SSSR count). The number of ether oxygens (including phenoxy) is 1. The molecule has 1 aromatic heterocycles. The van der Waals surface area contributed by atoms with Crippen LogP contribution in [-0.2, 0) is 11.3 Å². The summed E-state index contributed by atoms with van der Waals surface area (Å²) in [6.07, 6.45) is 0. The zero-order valence-electron chi connectivity index (χ0n) is 13.2. The topological polar surface area (TPSA) is 28.6 Å². The van der Waals surface area contributed by atoms with Crippen LogP contribution in [0, 0.1) is 5.82 Å². The van der Waals surface area contributed by atoms with Crippen LogP contribution in [0.5, 0.6) is 0 Å². The van der Waals surface area contributed by atoms with Gasteiger partial charge in [0.2, 0.25) is 0 Å². The van der Waals surface area contributed by atoms with Crippen LogP contribution in [0.25, 0.3) is 0 Å². The number of hydrogen-bond donors (Lipinski definition) is 0. The second kappa shape index (κ2) is 7.10. The van der Waals surface area contributed by atoms with Crippen LogP contribution >= 0.6 is 11.3 Å². The molecule has 122 valence electrons. The number of rotatable bonds is 5. The lowest BCUT2D eigenvalue weighted by atomic mass is 10.2. The first-order valence-corrected chi connectivity index (χ1v) is 8.47. The van der Waals surface area contributed by atoms with Crippen LogP contribution in [0.3, 0.4) is 0 Å². The molecule has 2 heterocycles. The van der Waals surface area contributed by atoms with E-state index in [0.717, 1.165) is 48.5 Å². The Morgan fingerprint density at radius 3 is 2.70 bits per heavy atom. The van der Waals surface area contributed by atoms with E-state index in [-0.39, 0.29) is 5.82 Å². The van der Waals surface area contributed by atoms with Gasteiger partial charge in [-0.2, -0.15) is 0 Å². The van der Waals surface area contributed by atoms with Crippen LogP contribution in [-0.4, -0.2) is 31.3 Å². The van der Waals surface area contributed by atoms with Gasteiger partial charge in [-0.3, -0.25) is 0 Å². The lowest BCUT2D eigenvalue weighted by molar-refractivity contribution is 0.122. The summed E-state index contributed by atoms with van der Waals surface area (Å²) >= 11 is 1.65. The van der Waals surface area contributed by atoms with Gasteiger partial charge in [0.25, 0.3) is 0 Å². The zero-order chi connectivity index (χ0) is 16.2. The van der Waals surface area contributed by atoms with Crippen molar-refractivity contribution in [1.29, 1.82) is 0 Å². The van der Waals surface area contributed by atoms with Crippen LogP contribution < -0.4 is 9.80 Å². The molecule has 1 aromatic carbocycles. The SMILES string of the molecule is C=C(C)N(Cc1csc(N2CCOCC2)n1)c1ccc(F)cc1. The molecule has 0 amide bonds. The summed E-state index contributed by atoms with van der Waals surface area (Å²) in [5.41, 5.74) is 2.81. The lowest BCUT2D eigenvalue weighted by Crippen LogP contribution is -2.36. The second-order valence-electron chi connectivity index (χ2n) is 5.52. The van der Waals surface area contributed by atoms with Gasteiger partial charge in [-0.15, -0.1) is 11.3 Å². The maximum atomic E-state index is 13.1. The van der Waals surface area contributed by atoms with E-state index in [1.54, 1.807) is 23.5 Å². The second-order valence-corrected chi connectivity index (χ2v) is 6.36. The fraction of sp³-hybridized carbons (Fsp3) is 0.353. The van der Waals surface area contributed by atoms with Gasteiger partial charge in [0, 0.05) is 29.9 Å².